The Morgan fingerprint density at radius 1 is 1.15 bits per heavy atom. The van der Waals surface area contributed by atoms with Crippen molar-refractivity contribution in [1.82, 2.24) is 9.80 Å². The van der Waals surface area contributed by atoms with E-state index in [0.717, 1.165) is 0 Å². The molecule has 1 heterocycles. The first-order chi connectivity index (χ1) is 12.6. The van der Waals surface area contributed by atoms with Gasteiger partial charge in [0.15, 0.2) is 15.6 Å². The van der Waals surface area contributed by atoms with Gasteiger partial charge in [0.2, 0.25) is 5.91 Å². The first-order valence-electron chi connectivity index (χ1n) is 8.75. The third-order valence-electron chi connectivity index (χ3n) is 4.52. The number of carbonyl (C=O) groups is 2. The lowest BCUT2D eigenvalue weighted by Crippen LogP contribution is -2.49. The van der Waals surface area contributed by atoms with Gasteiger partial charge in [-0.25, -0.2) is 8.42 Å². The molecule has 0 aromatic heterocycles. The minimum Gasteiger partial charge on any atom is -0.390 e. The fourth-order valence-electron chi connectivity index (χ4n) is 3.02. The Kier molecular flexibility index (Phi) is 7.10. The quantitative estimate of drug-likeness (QED) is 0.588. The van der Waals surface area contributed by atoms with E-state index < -0.39 is 22.0 Å². The zero-order valence-electron chi connectivity index (χ0n) is 15.9. The van der Waals surface area contributed by atoms with Gasteiger partial charge in [0, 0.05) is 24.3 Å². The van der Waals surface area contributed by atoms with Gasteiger partial charge < -0.3 is 15.3 Å². The van der Waals surface area contributed by atoms with Crippen LogP contribution in [0.4, 0.5) is 5.69 Å². The molecule has 2 N–H and O–H groups in total. The van der Waals surface area contributed by atoms with Crippen molar-refractivity contribution in [2.45, 2.75) is 19.1 Å². The molecule has 1 aromatic rings. The number of nitrogens with one attached hydrogen (secondary N) is 1. The van der Waals surface area contributed by atoms with Crippen molar-refractivity contribution in [3.05, 3.63) is 29.8 Å². The highest BCUT2D eigenvalue weighted by Gasteiger charge is 2.40. The maximum Gasteiger partial charge on any atom is 0.238 e. The molecule has 27 heavy (non-hydrogen) atoms. The molecule has 0 saturated carbocycles. The van der Waals surface area contributed by atoms with Crippen molar-refractivity contribution < 1.29 is 23.1 Å². The first-order valence-corrected chi connectivity index (χ1v) is 10.6. The van der Waals surface area contributed by atoms with Gasteiger partial charge in [-0.2, -0.15) is 0 Å². The maximum atomic E-state index is 12.4. The van der Waals surface area contributed by atoms with Crippen LogP contribution >= 0.6 is 0 Å². The lowest BCUT2D eigenvalue weighted by molar-refractivity contribution is -0.118. The number of Topliss-reactive ketones (excluding diaryl/α,β-unsaturated/α-hetero) is 1. The fourth-order valence-corrected chi connectivity index (χ4v) is 4.86. The van der Waals surface area contributed by atoms with E-state index in [1.807, 2.05) is 19.0 Å². The van der Waals surface area contributed by atoms with Crippen LogP contribution in [0, 0.1) is 0 Å². The van der Waals surface area contributed by atoms with Crippen molar-refractivity contribution in [2.24, 2.45) is 0 Å². The number of nitrogens with zero attached hydrogens (tertiary/aromatic N) is 2. The molecular formula is C18H27N3O5S. The maximum absolute atomic E-state index is 12.4. The van der Waals surface area contributed by atoms with Gasteiger partial charge in [0.05, 0.1) is 30.2 Å². The SMILES string of the molecule is CC(=O)c1ccc(NC(=O)CN(CCN(C)C)C2CS(=O)(=O)CC2O)cc1. The topological polar surface area (TPSA) is 107 Å². The highest BCUT2D eigenvalue weighted by atomic mass is 32.2. The smallest absolute Gasteiger partial charge is 0.238 e. The Morgan fingerprint density at radius 3 is 2.26 bits per heavy atom. The number of sulfone groups is 1. The zero-order chi connectivity index (χ0) is 20.2. The Balaban J connectivity index is 2.05. The molecule has 9 heteroatoms. The summed E-state index contributed by atoms with van der Waals surface area (Å²) in [6.45, 7) is 2.53. The van der Waals surface area contributed by atoms with Gasteiger partial charge >= 0.3 is 0 Å². The van der Waals surface area contributed by atoms with Gasteiger partial charge in [-0.1, -0.05) is 0 Å². The number of amides is 1. The lowest BCUT2D eigenvalue weighted by Gasteiger charge is -2.30. The van der Waals surface area contributed by atoms with Crippen molar-refractivity contribution in [2.75, 3.05) is 50.6 Å². The average Bonchev–Trinajstić information content (AvgIpc) is 2.84. The van der Waals surface area contributed by atoms with E-state index in [9.17, 15) is 23.1 Å². The van der Waals surface area contributed by atoms with Gasteiger partial charge in [-0.3, -0.25) is 14.5 Å². The number of benzene rings is 1. The van der Waals surface area contributed by atoms with Crippen LogP contribution in [0.1, 0.15) is 17.3 Å². The van der Waals surface area contributed by atoms with Crippen LogP contribution in [0.2, 0.25) is 0 Å². The summed E-state index contributed by atoms with van der Waals surface area (Å²) >= 11 is 0. The molecule has 2 unspecified atom stereocenters. The third kappa shape index (κ3) is 6.39. The molecule has 150 valence electrons. The van der Waals surface area contributed by atoms with Crippen molar-refractivity contribution in [3.8, 4) is 0 Å². The molecule has 0 radical (unpaired) electrons. The number of aliphatic hydroxyl groups excluding tert-OH is 1. The van der Waals surface area contributed by atoms with Gasteiger partial charge in [0.25, 0.3) is 0 Å². The summed E-state index contributed by atoms with van der Waals surface area (Å²) in [7, 11) is 0.466. The summed E-state index contributed by atoms with van der Waals surface area (Å²) in [5.74, 6) is -0.785. The van der Waals surface area contributed by atoms with E-state index in [0.29, 0.717) is 24.3 Å². The predicted molar refractivity (Wildman–Crippen MR) is 104 cm³/mol. The van der Waals surface area contributed by atoms with Crippen molar-refractivity contribution in [3.63, 3.8) is 0 Å². The normalized spacial score (nSPS) is 21.6. The van der Waals surface area contributed by atoms with Gasteiger partial charge in [0.1, 0.15) is 0 Å². The molecule has 1 aliphatic rings. The molecule has 2 rings (SSSR count). The average molecular weight is 397 g/mol. The van der Waals surface area contributed by atoms with Crippen LogP contribution in [0.25, 0.3) is 0 Å². The first kappa shape index (κ1) is 21.5. The predicted octanol–water partition coefficient (Wildman–Crippen LogP) is -0.151. The minimum absolute atomic E-state index is 0.0282. The van der Waals surface area contributed by atoms with Crippen LogP contribution in [0.5, 0.6) is 0 Å². The lowest BCUT2D eigenvalue weighted by atomic mass is 10.1. The summed E-state index contributed by atoms with van der Waals surface area (Å²) in [6, 6.07) is 5.96. The summed E-state index contributed by atoms with van der Waals surface area (Å²) in [5, 5.41) is 12.9. The molecule has 1 amide bonds. The van der Waals surface area contributed by atoms with Crippen molar-refractivity contribution >= 4 is 27.2 Å². The van der Waals surface area contributed by atoms with Crippen LogP contribution < -0.4 is 5.32 Å². The second kappa shape index (κ2) is 8.92. The van der Waals surface area contributed by atoms with Crippen LogP contribution in [0.15, 0.2) is 24.3 Å². The summed E-state index contributed by atoms with van der Waals surface area (Å²) in [5.41, 5.74) is 1.11. The second-order valence-electron chi connectivity index (χ2n) is 7.17. The van der Waals surface area contributed by atoms with Crippen molar-refractivity contribution in [1.29, 1.82) is 0 Å². The molecule has 8 nitrogen and oxygen atoms in total. The summed E-state index contributed by atoms with van der Waals surface area (Å²) in [6.07, 6.45) is -1.00. The van der Waals surface area contributed by atoms with Gasteiger partial charge in [-0.15, -0.1) is 0 Å². The van der Waals surface area contributed by atoms with Gasteiger partial charge in [-0.05, 0) is 45.3 Å². The third-order valence-corrected chi connectivity index (χ3v) is 6.22. The molecule has 1 aliphatic heterocycles. The Morgan fingerprint density at radius 2 is 1.78 bits per heavy atom. The highest BCUT2D eigenvalue weighted by molar-refractivity contribution is 7.91. The number of ketones is 1. The molecule has 1 aromatic carbocycles. The number of aliphatic hydroxyl groups is 1. The summed E-state index contributed by atoms with van der Waals surface area (Å²) < 4.78 is 23.7. The fraction of sp³-hybridized carbons (Fsp3) is 0.556. The van der Waals surface area contributed by atoms with E-state index in [1.54, 1.807) is 29.2 Å². The van der Waals surface area contributed by atoms with E-state index in [-0.39, 0.29) is 29.7 Å². The Hall–Kier alpha value is -1.81. The second-order valence-corrected chi connectivity index (χ2v) is 9.32. The largest absolute Gasteiger partial charge is 0.390 e. The zero-order valence-corrected chi connectivity index (χ0v) is 16.7. The highest BCUT2D eigenvalue weighted by Crippen LogP contribution is 2.19. The molecule has 0 spiro atoms. The molecule has 1 fully saturated rings. The number of carbonyl (C=O) groups excluding carboxylic acids is 2. The van der Waals surface area contributed by atoms with Crippen LogP contribution in [-0.4, -0.2) is 92.4 Å². The Labute approximate surface area is 160 Å². The number of likely N-dealkylation sites (N-methyl/N-ethyl adjacent to an activating group) is 1. The van der Waals surface area contributed by atoms with E-state index in [4.69, 9.17) is 0 Å². The molecule has 1 saturated heterocycles. The Bertz CT molecular complexity index is 777. The van der Waals surface area contributed by atoms with Crippen LogP contribution in [-0.2, 0) is 14.6 Å². The van der Waals surface area contributed by atoms with Crippen LogP contribution in [0.3, 0.4) is 0 Å². The number of rotatable bonds is 8. The molecule has 0 aliphatic carbocycles. The number of anilines is 1. The van der Waals surface area contributed by atoms with E-state index in [2.05, 4.69) is 5.32 Å². The molecule has 2 atom stereocenters. The van der Waals surface area contributed by atoms with E-state index >= 15 is 0 Å². The minimum atomic E-state index is -3.30. The standard InChI is InChI=1S/C18H27N3O5S/c1-13(22)14-4-6-15(7-5-14)19-18(24)10-21(9-8-20(2)3)16-11-27(25,26)12-17(16)23/h4-7,16-17,23H,8-12H2,1-3H3,(H,19,24). The van der Waals surface area contributed by atoms with E-state index in [1.165, 1.54) is 6.92 Å². The summed E-state index contributed by atoms with van der Waals surface area (Å²) in [4.78, 5) is 27.4. The molecular weight excluding hydrogens is 370 g/mol. The number of hydrogen-bond donors (Lipinski definition) is 2. The molecule has 0 bridgehead atoms. The monoisotopic (exact) mass is 397 g/mol. The number of hydrogen-bond acceptors (Lipinski definition) is 7.